The highest BCUT2D eigenvalue weighted by molar-refractivity contribution is 7.98. The number of fused-ring (bicyclic) bond motifs is 1. The molecule has 4 rings (SSSR count). The minimum Gasteiger partial charge on any atom is -0.484 e. The lowest BCUT2D eigenvalue weighted by Crippen LogP contribution is -2.13. The number of benzene rings is 2. The van der Waals surface area contributed by atoms with Gasteiger partial charge in [-0.25, -0.2) is 0 Å². The number of rotatable bonds is 7. The summed E-state index contributed by atoms with van der Waals surface area (Å²) in [5.41, 5.74) is 2.42. The molecule has 0 fully saturated rings. The fraction of sp³-hybridized carbons (Fsp3) is 0.263. The number of aryl methyl sites for hydroxylation is 1. The molecule has 0 aliphatic carbocycles. The van der Waals surface area contributed by atoms with Crippen molar-refractivity contribution in [2.24, 2.45) is 0 Å². The first-order valence-electron chi connectivity index (χ1n) is 8.74. The van der Waals surface area contributed by atoms with E-state index in [1.165, 1.54) is 23.9 Å². The van der Waals surface area contributed by atoms with Crippen LogP contribution in [0.5, 0.6) is 11.5 Å². The summed E-state index contributed by atoms with van der Waals surface area (Å²) in [5, 5.41) is 19.5. The van der Waals surface area contributed by atoms with Gasteiger partial charge in [-0.05, 0) is 24.6 Å². The maximum absolute atomic E-state index is 11.2. The van der Waals surface area contributed by atoms with E-state index in [9.17, 15) is 10.1 Å². The van der Waals surface area contributed by atoms with Gasteiger partial charge >= 0.3 is 0 Å². The van der Waals surface area contributed by atoms with Crippen molar-refractivity contribution in [3.63, 3.8) is 0 Å². The molecule has 0 N–H and O–H groups in total. The number of aromatic nitrogens is 2. The Hall–Kier alpha value is -3.11. The lowest BCUT2D eigenvalue weighted by molar-refractivity contribution is -0.385. The van der Waals surface area contributed by atoms with E-state index in [0.29, 0.717) is 33.7 Å². The highest BCUT2D eigenvalue weighted by Crippen LogP contribution is 2.36. The van der Waals surface area contributed by atoms with Crippen LogP contribution in [0.25, 0.3) is 0 Å². The quantitative estimate of drug-likeness (QED) is 0.321. The summed E-state index contributed by atoms with van der Waals surface area (Å²) < 4.78 is 22.0. The third kappa shape index (κ3) is 4.66. The molecule has 1 aliphatic heterocycles. The van der Waals surface area contributed by atoms with Crippen LogP contribution in [0.3, 0.4) is 0 Å². The second-order valence-corrected chi connectivity index (χ2v) is 7.24. The van der Waals surface area contributed by atoms with E-state index < -0.39 is 4.92 Å². The number of nitro groups is 1. The standard InChI is InChI=1S/C19H17N3O6S/c1-12-3-2-4-16(5-12)26-9-17-20-21-19(28-17)29-10-14-7-15(22(23)24)6-13-8-25-11-27-18(13)14/h2-7H,8-11H2,1H3. The summed E-state index contributed by atoms with van der Waals surface area (Å²) in [5.74, 6) is 2.06. The van der Waals surface area contributed by atoms with Crippen LogP contribution < -0.4 is 9.47 Å². The van der Waals surface area contributed by atoms with E-state index in [0.717, 1.165) is 11.3 Å². The van der Waals surface area contributed by atoms with Crippen LogP contribution in [-0.2, 0) is 23.7 Å². The van der Waals surface area contributed by atoms with E-state index >= 15 is 0 Å². The lowest BCUT2D eigenvalue weighted by Gasteiger charge is -2.20. The number of hydrogen-bond acceptors (Lipinski definition) is 9. The largest absolute Gasteiger partial charge is 0.484 e. The normalized spacial score (nSPS) is 12.9. The summed E-state index contributed by atoms with van der Waals surface area (Å²) in [4.78, 5) is 10.8. The lowest BCUT2D eigenvalue weighted by atomic mass is 10.1. The third-order valence-electron chi connectivity index (χ3n) is 4.13. The van der Waals surface area contributed by atoms with Gasteiger partial charge in [0.2, 0.25) is 0 Å². The van der Waals surface area contributed by atoms with Gasteiger partial charge in [-0.1, -0.05) is 23.9 Å². The number of non-ortho nitro benzene ring substituents is 1. The summed E-state index contributed by atoms with van der Waals surface area (Å²) >= 11 is 1.27. The third-order valence-corrected chi connectivity index (χ3v) is 5.00. The maximum Gasteiger partial charge on any atom is 0.277 e. The number of ether oxygens (including phenoxy) is 3. The predicted octanol–water partition coefficient (Wildman–Crippen LogP) is 4.02. The predicted molar refractivity (Wildman–Crippen MR) is 103 cm³/mol. The molecule has 29 heavy (non-hydrogen) atoms. The summed E-state index contributed by atoms with van der Waals surface area (Å²) in [6.45, 7) is 2.53. The van der Waals surface area contributed by atoms with Crippen LogP contribution in [0, 0.1) is 17.0 Å². The second-order valence-electron chi connectivity index (χ2n) is 6.32. The molecule has 0 atom stereocenters. The Morgan fingerprint density at radius 2 is 2.17 bits per heavy atom. The first-order chi connectivity index (χ1) is 14.1. The molecule has 2 heterocycles. The molecule has 2 aromatic carbocycles. The van der Waals surface area contributed by atoms with Crippen molar-refractivity contribution in [1.82, 2.24) is 10.2 Å². The Morgan fingerprint density at radius 1 is 1.28 bits per heavy atom. The average molecular weight is 415 g/mol. The number of hydrogen-bond donors (Lipinski definition) is 0. The van der Waals surface area contributed by atoms with Crippen LogP contribution in [0.1, 0.15) is 22.6 Å². The Kier molecular flexibility index (Phi) is 5.63. The number of thioether (sulfide) groups is 1. The zero-order valence-electron chi connectivity index (χ0n) is 15.5. The van der Waals surface area contributed by atoms with Crippen molar-refractivity contribution in [2.75, 3.05) is 6.79 Å². The fourth-order valence-corrected chi connectivity index (χ4v) is 3.59. The summed E-state index contributed by atoms with van der Waals surface area (Å²) in [6, 6.07) is 10.6. The van der Waals surface area contributed by atoms with E-state index in [2.05, 4.69) is 10.2 Å². The van der Waals surface area contributed by atoms with Crippen molar-refractivity contribution >= 4 is 17.4 Å². The molecule has 10 heteroatoms. The highest BCUT2D eigenvalue weighted by atomic mass is 32.2. The first-order valence-corrected chi connectivity index (χ1v) is 9.72. The SMILES string of the molecule is Cc1cccc(OCc2nnc(SCc3cc([N+](=O)[O-])cc4c3OCOC4)o2)c1. The van der Waals surface area contributed by atoms with Crippen LogP contribution in [0.4, 0.5) is 5.69 Å². The monoisotopic (exact) mass is 415 g/mol. The molecular weight excluding hydrogens is 398 g/mol. The molecule has 1 aliphatic rings. The minimum absolute atomic E-state index is 0.00813. The average Bonchev–Trinajstić information content (AvgIpc) is 3.18. The molecular formula is C19H17N3O6S. The van der Waals surface area contributed by atoms with Gasteiger partial charge in [0.25, 0.3) is 16.8 Å². The number of nitrogens with zero attached hydrogens (tertiary/aromatic N) is 3. The van der Waals surface area contributed by atoms with Crippen LogP contribution >= 0.6 is 11.8 Å². The van der Waals surface area contributed by atoms with Gasteiger partial charge in [0.05, 0.1) is 11.5 Å². The van der Waals surface area contributed by atoms with Crippen LogP contribution in [0.2, 0.25) is 0 Å². The van der Waals surface area contributed by atoms with Gasteiger partial charge in [-0.15, -0.1) is 10.2 Å². The molecule has 0 unspecified atom stereocenters. The summed E-state index contributed by atoms with van der Waals surface area (Å²) in [6.07, 6.45) is 0. The van der Waals surface area contributed by atoms with E-state index in [1.807, 2.05) is 31.2 Å². The Labute approximate surface area is 170 Å². The summed E-state index contributed by atoms with van der Waals surface area (Å²) in [7, 11) is 0. The van der Waals surface area contributed by atoms with E-state index in [-0.39, 0.29) is 25.7 Å². The van der Waals surface area contributed by atoms with E-state index in [4.69, 9.17) is 18.6 Å². The fourth-order valence-electron chi connectivity index (χ4n) is 2.84. The van der Waals surface area contributed by atoms with Gasteiger partial charge in [0.15, 0.2) is 13.4 Å². The van der Waals surface area contributed by atoms with Crippen molar-refractivity contribution in [1.29, 1.82) is 0 Å². The molecule has 9 nitrogen and oxygen atoms in total. The molecule has 0 saturated carbocycles. The second kappa shape index (κ2) is 8.50. The number of nitro benzene ring substituents is 1. The highest BCUT2D eigenvalue weighted by Gasteiger charge is 2.21. The van der Waals surface area contributed by atoms with Crippen molar-refractivity contribution in [3.8, 4) is 11.5 Å². The van der Waals surface area contributed by atoms with Gasteiger partial charge in [-0.3, -0.25) is 10.1 Å². The van der Waals surface area contributed by atoms with Crippen LogP contribution in [-0.4, -0.2) is 21.9 Å². The molecule has 0 amide bonds. The first kappa shape index (κ1) is 19.2. The van der Waals surface area contributed by atoms with Gasteiger partial charge in [0, 0.05) is 29.0 Å². The molecule has 0 bridgehead atoms. The molecule has 0 saturated heterocycles. The van der Waals surface area contributed by atoms with Crippen molar-refractivity contribution in [2.45, 2.75) is 31.1 Å². The molecule has 0 spiro atoms. The topological polar surface area (TPSA) is 110 Å². The molecule has 0 radical (unpaired) electrons. The molecule has 1 aromatic heterocycles. The van der Waals surface area contributed by atoms with Gasteiger partial charge in [-0.2, -0.15) is 0 Å². The maximum atomic E-state index is 11.2. The van der Waals surface area contributed by atoms with Gasteiger partial charge in [0.1, 0.15) is 11.5 Å². The van der Waals surface area contributed by atoms with Gasteiger partial charge < -0.3 is 18.6 Å². The van der Waals surface area contributed by atoms with Crippen LogP contribution in [0.15, 0.2) is 46.0 Å². The molecule has 3 aromatic rings. The zero-order valence-corrected chi connectivity index (χ0v) is 16.3. The van der Waals surface area contributed by atoms with Crippen molar-refractivity contribution in [3.05, 3.63) is 69.1 Å². The Morgan fingerprint density at radius 3 is 3.00 bits per heavy atom. The van der Waals surface area contributed by atoms with E-state index in [1.54, 1.807) is 0 Å². The Balaban J connectivity index is 1.42. The molecule has 150 valence electrons. The van der Waals surface area contributed by atoms with Crippen molar-refractivity contribution < 1.29 is 23.6 Å². The zero-order chi connectivity index (χ0) is 20.2. The smallest absolute Gasteiger partial charge is 0.277 e. The Bertz CT molecular complexity index is 1040. The minimum atomic E-state index is -0.434.